The molecular weight excluding hydrogens is 400 g/mol. The number of nitrogens with one attached hydrogen (secondary N) is 2. The van der Waals surface area contributed by atoms with E-state index in [1.807, 2.05) is 18.2 Å². The van der Waals surface area contributed by atoms with E-state index >= 15 is 0 Å². The molecule has 2 N–H and O–H groups in total. The summed E-state index contributed by atoms with van der Waals surface area (Å²) in [4.78, 5) is 24.7. The molecule has 0 radical (unpaired) electrons. The molecule has 158 valence electrons. The van der Waals surface area contributed by atoms with E-state index in [0.29, 0.717) is 30.3 Å². The zero-order valence-corrected chi connectivity index (χ0v) is 16.5. The fourth-order valence-corrected chi connectivity index (χ4v) is 3.13. The number of ether oxygens (including phenoxy) is 1. The van der Waals surface area contributed by atoms with E-state index in [2.05, 4.69) is 25.7 Å². The minimum absolute atomic E-state index is 0.0623. The number of rotatable bonds is 6. The molecule has 31 heavy (non-hydrogen) atoms. The average Bonchev–Trinajstić information content (AvgIpc) is 2.81. The van der Waals surface area contributed by atoms with Crippen LogP contribution in [0.1, 0.15) is 10.4 Å². The number of benzene rings is 2. The monoisotopic (exact) mass is 420 g/mol. The van der Waals surface area contributed by atoms with E-state index in [-0.39, 0.29) is 11.6 Å². The third kappa shape index (κ3) is 5.11. The maximum absolute atomic E-state index is 12.3. The van der Waals surface area contributed by atoms with Crippen LogP contribution in [-0.2, 0) is 4.74 Å². The normalized spacial score (nSPS) is 13.5. The predicted octanol–water partition coefficient (Wildman–Crippen LogP) is 3.22. The molecule has 3 aromatic rings. The number of non-ortho nitro benzene ring substituents is 1. The van der Waals surface area contributed by atoms with Crippen molar-refractivity contribution >= 4 is 34.5 Å². The summed E-state index contributed by atoms with van der Waals surface area (Å²) in [5, 5.41) is 24.9. The number of amides is 1. The Morgan fingerprint density at radius 1 is 1.03 bits per heavy atom. The number of nitro groups is 1. The van der Waals surface area contributed by atoms with Gasteiger partial charge < -0.3 is 20.3 Å². The smallest absolute Gasteiger partial charge is 0.269 e. The number of morpholine rings is 1. The lowest BCUT2D eigenvalue weighted by atomic mass is 10.2. The van der Waals surface area contributed by atoms with Gasteiger partial charge in [-0.2, -0.15) is 5.10 Å². The van der Waals surface area contributed by atoms with Gasteiger partial charge in [0.1, 0.15) is 0 Å². The average molecular weight is 420 g/mol. The maximum Gasteiger partial charge on any atom is 0.269 e. The first-order valence-corrected chi connectivity index (χ1v) is 9.67. The van der Waals surface area contributed by atoms with Crippen LogP contribution in [0.25, 0.3) is 0 Å². The number of carbonyl (C=O) groups is 1. The number of nitro benzene ring substituents is 1. The first-order chi connectivity index (χ1) is 15.1. The molecule has 0 saturated carbocycles. The molecule has 0 atom stereocenters. The topological polar surface area (TPSA) is 123 Å². The van der Waals surface area contributed by atoms with E-state index in [4.69, 9.17) is 4.74 Å². The van der Waals surface area contributed by atoms with Gasteiger partial charge in [-0.3, -0.25) is 14.9 Å². The largest absolute Gasteiger partial charge is 0.378 e. The Morgan fingerprint density at radius 3 is 2.39 bits per heavy atom. The summed E-state index contributed by atoms with van der Waals surface area (Å²) in [5.74, 6) is 0.270. The first-order valence-electron chi connectivity index (χ1n) is 9.67. The minimum atomic E-state index is -0.506. The van der Waals surface area contributed by atoms with Gasteiger partial charge >= 0.3 is 0 Å². The summed E-state index contributed by atoms with van der Waals surface area (Å²) < 4.78 is 5.38. The third-order valence-corrected chi connectivity index (χ3v) is 4.77. The standard InChI is InChI=1S/C21H20N6O4/c28-21(15-1-7-18(8-2-15)27(29)30)24-17-5-3-16(4-6-17)23-20-13-19(14-22-25-20)26-9-11-31-12-10-26/h1-8,13-14H,9-12H2,(H,23,25)(H,24,28). The molecule has 1 aliphatic rings. The lowest BCUT2D eigenvalue weighted by molar-refractivity contribution is -0.384. The number of carbonyl (C=O) groups excluding carboxylic acids is 1. The van der Waals surface area contributed by atoms with Crippen molar-refractivity contribution in [1.29, 1.82) is 0 Å². The lowest BCUT2D eigenvalue weighted by Crippen LogP contribution is -2.36. The molecule has 1 saturated heterocycles. The van der Waals surface area contributed by atoms with Gasteiger partial charge in [0, 0.05) is 48.2 Å². The summed E-state index contributed by atoms with van der Waals surface area (Å²) >= 11 is 0. The molecule has 10 nitrogen and oxygen atoms in total. The highest BCUT2D eigenvalue weighted by molar-refractivity contribution is 6.04. The highest BCUT2D eigenvalue weighted by Gasteiger charge is 2.13. The van der Waals surface area contributed by atoms with Gasteiger partial charge in [0.2, 0.25) is 0 Å². The molecule has 1 amide bonds. The van der Waals surface area contributed by atoms with Crippen LogP contribution in [0.2, 0.25) is 0 Å². The van der Waals surface area contributed by atoms with Crippen molar-refractivity contribution in [2.75, 3.05) is 41.8 Å². The highest BCUT2D eigenvalue weighted by Crippen LogP contribution is 2.22. The van der Waals surface area contributed by atoms with E-state index in [0.717, 1.165) is 24.5 Å². The summed E-state index contributed by atoms with van der Waals surface area (Å²) in [7, 11) is 0. The number of nitrogens with zero attached hydrogens (tertiary/aromatic N) is 4. The zero-order valence-electron chi connectivity index (χ0n) is 16.5. The molecule has 2 heterocycles. The Labute approximate surface area is 178 Å². The molecule has 1 fully saturated rings. The van der Waals surface area contributed by atoms with E-state index < -0.39 is 4.92 Å². The van der Waals surface area contributed by atoms with Crippen LogP contribution in [0, 0.1) is 10.1 Å². The van der Waals surface area contributed by atoms with Crippen molar-refractivity contribution in [2.24, 2.45) is 0 Å². The Bertz CT molecular complexity index is 1070. The van der Waals surface area contributed by atoms with Gasteiger partial charge in [-0.1, -0.05) is 0 Å². The Kier molecular flexibility index (Phi) is 5.99. The maximum atomic E-state index is 12.3. The van der Waals surface area contributed by atoms with Gasteiger partial charge in [0.25, 0.3) is 11.6 Å². The lowest BCUT2D eigenvalue weighted by Gasteiger charge is -2.28. The molecule has 2 aromatic carbocycles. The van der Waals surface area contributed by atoms with Crippen LogP contribution in [-0.4, -0.2) is 47.3 Å². The zero-order chi connectivity index (χ0) is 21.6. The first kappa shape index (κ1) is 20.2. The van der Waals surface area contributed by atoms with Crippen molar-refractivity contribution in [3.05, 3.63) is 76.5 Å². The van der Waals surface area contributed by atoms with Crippen LogP contribution >= 0.6 is 0 Å². The molecular formula is C21H20N6O4. The van der Waals surface area contributed by atoms with E-state index in [1.165, 1.54) is 24.3 Å². The fraction of sp³-hybridized carbons (Fsp3) is 0.190. The molecule has 0 bridgehead atoms. The van der Waals surface area contributed by atoms with Gasteiger partial charge in [0.05, 0.1) is 30.0 Å². The quantitative estimate of drug-likeness (QED) is 0.460. The van der Waals surface area contributed by atoms with E-state index in [1.54, 1.807) is 18.3 Å². The SMILES string of the molecule is O=C(Nc1ccc(Nc2cc(N3CCOCC3)cnn2)cc1)c1ccc([N+](=O)[O-])cc1. The van der Waals surface area contributed by atoms with Crippen LogP contribution < -0.4 is 15.5 Å². The van der Waals surface area contributed by atoms with Crippen molar-refractivity contribution in [1.82, 2.24) is 10.2 Å². The van der Waals surface area contributed by atoms with Gasteiger partial charge in [-0.25, -0.2) is 0 Å². The molecule has 10 heteroatoms. The van der Waals surface area contributed by atoms with E-state index in [9.17, 15) is 14.9 Å². The number of hydrogen-bond donors (Lipinski definition) is 2. The van der Waals surface area contributed by atoms with Gasteiger partial charge in [-0.05, 0) is 36.4 Å². The van der Waals surface area contributed by atoms with Crippen molar-refractivity contribution in [3.63, 3.8) is 0 Å². The molecule has 0 aliphatic carbocycles. The van der Waals surface area contributed by atoms with Crippen LogP contribution in [0.3, 0.4) is 0 Å². The van der Waals surface area contributed by atoms with Gasteiger partial charge in [-0.15, -0.1) is 5.10 Å². The Balaban J connectivity index is 1.38. The second-order valence-corrected chi connectivity index (χ2v) is 6.86. The summed E-state index contributed by atoms with van der Waals surface area (Å²) in [6.07, 6.45) is 1.73. The summed E-state index contributed by atoms with van der Waals surface area (Å²) in [6.45, 7) is 3.01. The minimum Gasteiger partial charge on any atom is -0.378 e. The predicted molar refractivity (Wildman–Crippen MR) is 116 cm³/mol. The third-order valence-electron chi connectivity index (χ3n) is 4.77. The van der Waals surface area contributed by atoms with Gasteiger partial charge in [0.15, 0.2) is 5.82 Å². The van der Waals surface area contributed by atoms with Crippen LogP contribution in [0.15, 0.2) is 60.8 Å². The second kappa shape index (κ2) is 9.18. The molecule has 4 rings (SSSR count). The van der Waals surface area contributed by atoms with Crippen LogP contribution in [0.4, 0.5) is 28.6 Å². The molecule has 1 aliphatic heterocycles. The van der Waals surface area contributed by atoms with Crippen molar-refractivity contribution < 1.29 is 14.5 Å². The summed E-state index contributed by atoms with van der Waals surface area (Å²) in [6, 6.07) is 14.5. The Morgan fingerprint density at radius 2 is 1.71 bits per heavy atom. The number of hydrogen-bond acceptors (Lipinski definition) is 8. The fourth-order valence-electron chi connectivity index (χ4n) is 3.13. The number of anilines is 4. The van der Waals surface area contributed by atoms with Crippen molar-refractivity contribution in [2.45, 2.75) is 0 Å². The molecule has 1 aromatic heterocycles. The van der Waals surface area contributed by atoms with Crippen molar-refractivity contribution in [3.8, 4) is 0 Å². The second-order valence-electron chi connectivity index (χ2n) is 6.86. The molecule has 0 unspecified atom stereocenters. The van der Waals surface area contributed by atoms with Crippen LogP contribution in [0.5, 0.6) is 0 Å². The summed E-state index contributed by atoms with van der Waals surface area (Å²) in [5.41, 5.74) is 2.65. The Hall–Kier alpha value is -4.05. The molecule has 0 spiro atoms. The highest BCUT2D eigenvalue weighted by atomic mass is 16.6. The number of aromatic nitrogens is 2.